The van der Waals surface area contributed by atoms with Gasteiger partial charge in [0.15, 0.2) is 11.6 Å². The van der Waals surface area contributed by atoms with Crippen molar-refractivity contribution >= 4 is 11.8 Å². The molecule has 2 heterocycles. The number of nitrogens with zero attached hydrogens (tertiary/aromatic N) is 4. The maximum atomic E-state index is 13.4. The van der Waals surface area contributed by atoms with E-state index in [2.05, 4.69) is 9.80 Å². The Hall–Kier alpha value is -2.06. The van der Waals surface area contributed by atoms with E-state index in [4.69, 9.17) is 0 Å². The van der Waals surface area contributed by atoms with Gasteiger partial charge in [0.2, 0.25) is 5.91 Å². The van der Waals surface area contributed by atoms with Gasteiger partial charge < -0.3 is 9.80 Å². The first-order chi connectivity index (χ1) is 14.0. The summed E-state index contributed by atoms with van der Waals surface area (Å²) in [5, 5.41) is 0. The molecule has 0 spiro atoms. The van der Waals surface area contributed by atoms with Crippen LogP contribution in [-0.2, 0) is 4.79 Å². The summed E-state index contributed by atoms with van der Waals surface area (Å²) in [5.74, 6) is -2.13. The van der Waals surface area contributed by atoms with Gasteiger partial charge in [-0.15, -0.1) is 0 Å². The Kier molecular flexibility index (Phi) is 6.10. The van der Waals surface area contributed by atoms with Crippen LogP contribution in [0.3, 0.4) is 0 Å². The number of hydrogen-bond acceptors (Lipinski definition) is 4. The number of rotatable bonds is 4. The van der Waals surface area contributed by atoms with Crippen LogP contribution in [-0.4, -0.2) is 96.4 Å². The quantitative estimate of drug-likeness (QED) is 0.759. The van der Waals surface area contributed by atoms with Gasteiger partial charge in [0, 0.05) is 64.0 Å². The number of halogens is 2. The molecule has 0 atom stereocenters. The molecule has 1 saturated carbocycles. The van der Waals surface area contributed by atoms with Gasteiger partial charge in [-0.25, -0.2) is 8.78 Å². The molecular formula is C21H28F2N4O2. The molecule has 0 bridgehead atoms. The van der Waals surface area contributed by atoms with Crippen LogP contribution in [0.25, 0.3) is 0 Å². The summed E-state index contributed by atoms with van der Waals surface area (Å²) in [7, 11) is 0. The molecule has 2 amide bonds. The van der Waals surface area contributed by atoms with Crippen molar-refractivity contribution < 1.29 is 18.4 Å². The van der Waals surface area contributed by atoms with Crippen LogP contribution >= 0.6 is 0 Å². The third-order valence-electron chi connectivity index (χ3n) is 6.44. The number of amides is 2. The fourth-order valence-corrected chi connectivity index (χ4v) is 4.30. The monoisotopic (exact) mass is 406 g/mol. The van der Waals surface area contributed by atoms with Gasteiger partial charge in [0.1, 0.15) is 0 Å². The summed E-state index contributed by atoms with van der Waals surface area (Å²) in [6.07, 6.45) is 3.91. The second kappa shape index (κ2) is 8.75. The molecule has 0 unspecified atom stereocenters. The van der Waals surface area contributed by atoms with E-state index < -0.39 is 11.6 Å². The lowest BCUT2D eigenvalue weighted by atomic mass is 9.91. The van der Waals surface area contributed by atoms with Gasteiger partial charge in [0.05, 0.1) is 6.54 Å². The summed E-state index contributed by atoms with van der Waals surface area (Å²) in [5.41, 5.74) is 0.151. The van der Waals surface area contributed by atoms with Crippen LogP contribution in [0.4, 0.5) is 8.78 Å². The minimum Gasteiger partial charge on any atom is -0.339 e. The van der Waals surface area contributed by atoms with E-state index in [0.29, 0.717) is 32.7 Å². The van der Waals surface area contributed by atoms with Gasteiger partial charge in [-0.05, 0) is 31.0 Å². The van der Waals surface area contributed by atoms with Crippen molar-refractivity contribution in [3.63, 3.8) is 0 Å². The van der Waals surface area contributed by atoms with Crippen molar-refractivity contribution in [3.8, 4) is 0 Å². The Morgan fingerprint density at radius 2 is 1.52 bits per heavy atom. The lowest BCUT2D eigenvalue weighted by Crippen LogP contribution is -2.56. The molecule has 0 radical (unpaired) electrons. The fourth-order valence-electron chi connectivity index (χ4n) is 4.30. The Labute approximate surface area is 170 Å². The molecule has 1 aromatic rings. The van der Waals surface area contributed by atoms with Gasteiger partial charge in [-0.1, -0.05) is 6.42 Å². The van der Waals surface area contributed by atoms with Gasteiger partial charge >= 0.3 is 0 Å². The third-order valence-corrected chi connectivity index (χ3v) is 6.44. The van der Waals surface area contributed by atoms with E-state index in [9.17, 15) is 18.4 Å². The molecule has 29 heavy (non-hydrogen) atoms. The van der Waals surface area contributed by atoms with Gasteiger partial charge in [-0.2, -0.15) is 0 Å². The minimum absolute atomic E-state index is 0.151. The van der Waals surface area contributed by atoms with Crippen molar-refractivity contribution in [2.75, 3.05) is 58.9 Å². The van der Waals surface area contributed by atoms with Crippen LogP contribution in [0.1, 0.15) is 29.6 Å². The first kappa shape index (κ1) is 20.2. The lowest BCUT2D eigenvalue weighted by molar-refractivity contribution is -0.135. The van der Waals surface area contributed by atoms with E-state index >= 15 is 0 Å². The summed E-state index contributed by atoms with van der Waals surface area (Å²) in [6, 6.07) is 3.95. The van der Waals surface area contributed by atoms with Crippen molar-refractivity contribution in [1.29, 1.82) is 0 Å². The Balaban J connectivity index is 1.22. The molecular weight excluding hydrogens is 378 g/mol. The highest BCUT2D eigenvalue weighted by atomic mass is 19.2. The first-order valence-electron chi connectivity index (χ1n) is 10.5. The predicted molar refractivity (Wildman–Crippen MR) is 104 cm³/mol. The molecule has 158 valence electrons. The van der Waals surface area contributed by atoms with Crippen LogP contribution in [0.5, 0.6) is 0 Å². The van der Waals surface area contributed by atoms with E-state index in [1.807, 2.05) is 4.90 Å². The highest BCUT2D eigenvalue weighted by Crippen LogP contribution is 2.25. The van der Waals surface area contributed by atoms with E-state index in [1.165, 1.54) is 25.3 Å². The summed E-state index contributed by atoms with van der Waals surface area (Å²) >= 11 is 0. The molecule has 3 aliphatic rings. The molecule has 3 fully saturated rings. The number of carbonyl (C=O) groups excluding carboxylic acids is 2. The maximum absolute atomic E-state index is 13.4. The van der Waals surface area contributed by atoms with Crippen molar-refractivity contribution in [2.24, 2.45) is 0 Å². The Morgan fingerprint density at radius 1 is 0.862 bits per heavy atom. The maximum Gasteiger partial charge on any atom is 0.254 e. The summed E-state index contributed by atoms with van der Waals surface area (Å²) < 4.78 is 26.4. The normalized spacial score (nSPS) is 21.9. The van der Waals surface area contributed by atoms with Crippen LogP contribution in [0, 0.1) is 11.6 Å². The van der Waals surface area contributed by atoms with E-state index in [-0.39, 0.29) is 17.4 Å². The molecule has 8 heteroatoms. The van der Waals surface area contributed by atoms with Crippen molar-refractivity contribution in [1.82, 2.24) is 19.6 Å². The smallest absolute Gasteiger partial charge is 0.254 e. The molecule has 1 aromatic carbocycles. The second-order valence-corrected chi connectivity index (χ2v) is 8.20. The van der Waals surface area contributed by atoms with Crippen molar-refractivity contribution in [3.05, 3.63) is 35.4 Å². The highest BCUT2D eigenvalue weighted by molar-refractivity contribution is 5.94. The standard InChI is InChI=1S/C21H28F2N4O2/c22-18-5-4-16(14-19(18)23)21(29)27-8-6-24(7-9-27)15-20(28)26-12-10-25(11-13-26)17-2-1-3-17/h4-5,14,17H,1-3,6-13,15H2. The Morgan fingerprint density at radius 3 is 2.10 bits per heavy atom. The fraction of sp³-hybridized carbons (Fsp3) is 0.619. The topological polar surface area (TPSA) is 47.1 Å². The third kappa shape index (κ3) is 4.59. The summed E-state index contributed by atoms with van der Waals surface area (Å²) in [6.45, 7) is 6.04. The van der Waals surface area contributed by atoms with Crippen LogP contribution < -0.4 is 0 Å². The lowest BCUT2D eigenvalue weighted by Gasteiger charge is -2.43. The number of piperazine rings is 2. The number of benzene rings is 1. The largest absolute Gasteiger partial charge is 0.339 e. The zero-order valence-corrected chi connectivity index (χ0v) is 16.7. The zero-order valence-electron chi connectivity index (χ0n) is 16.7. The molecule has 2 aliphatic heterocycles. The van der Waals surface area contributed by atoms with E-state index in [0.717, 1.165) is 44.4 Å². The SMILES string of the molecule is O=C(CN1CCN(C(=O)c2ccc(F)c(F)c2)CC1)N1CCN(C2CCC2)CC1. The number of carbonyl (C=O) groups is 2. The van der Waals surface area contributed by atoms with Crippen molar-refractivity contribution in [2.45, 2.75) is 25.3 Å². The second-order valence-electron chi connectivity index (χ2n) is 8.20. The zero-order chi connectivity index (χ0) is 20.4. The predicted octanol–water partition coefficient (Wildman–Crippen LogP) is 1.42. The number of hydrogen-bond donors (Lipinski definition) is 0. The average molecular weight is 406 g/mol. The van der Waals surface area contributed by atoms with Gasteiger partial charge in [0.25, 0.3) is 5.91 Å². The summed E-state index contributed by atoms with van der Waals surface area (Å²) in [4.78, 5) is 33.3. The van der Waals surface area contributed by atoms with E-state index in [1.54, 1.807) is 4.90 Å². The molecule has 1 aliphatic carbocycles. The molecule has 6 nitrogen and oxygen atoms in total. The minimum atomic E-state index is -1.02. The molecule has 0 N–H and O–H groups in total. The molecule has 4 rings (SSSR count). The first-order valence-corrected chi connectivity index (χ1v) is 10.5. The molecule has 2 saturated heterocycles. The Bertz CT molecular complexity index is 755. The van der Waals surface area contributed by atoms with Crippen LogP contribution in [0.15, 0.2) is 18.2 Å². The molecule has 0 aromatic heterocycles. The highest BCUT2D eigenvalue weighted by Gasteiger charge is 2.30. The van der Waals surface area contributed by atoms with Gasteiger partial charge in [-0.3, -0.25) is 19.4 Å². The van der Waals surface area contributed by atoms with Crippen LogP contribution in [0.2, 0.25) is 0 Å². The average Bonchev–Trinajstić information content (AvgIpc) is 2.69.